The quantitative estimate of drug-likeness (QED) is 0.475. The molecule has 1 aliphatic carbocycles. The smallest absolute Gasteiger partial charge is 0.303 e. The first kappa shape index (κ1) is 21.8. The van der Waals surface area contributed by atoms with Crippen molar-refractivity contribution < 1.29 is 24.5 Å². The van der Waals surface area contributed by atoms with Gasteiger partial charge in [0.15, 0.2) is 5.75 Å². The summed E-state index contributed by atoms with van der Waals surface area (Å²) in [5, 5.41) is 23.4. The highest BCUT2D eigenvalue weighted by Gasteiger charge is 2.23. The number of aliphatic hydroxyl groups is 1. The maximum atomic E-state index is 12.1. The second-order valence-corrected chi connectivity index (χ2v) is 8.21. The van der Waals surface area contributed by atoms with E-state index in [4.69, 9.17) is 9.84 Å². The molecular formula is C26H27NO5. The standard InChI is InChI=1S/C26H27NO5/c28-16-24(29)27-23-14-17(9-12-25(30)31)13-22(26(23)32-21-7-3-4-8-21)20-11-10-18-5-1-2-6-19(18)15-20/h1-2,5-6,10-11,13-15,21,28H,3-4,7-9,12,16H2,(H,27,29)(H,30,31). The van der Waals surface area contributed by atoms with Crippen LogP contribution in [0.3, 0.4) is 0 Å². The molecule has 1 fully saturated rings. The third-order valence-corrected chi connectivity index (χ3v) is 5.84. The molecule has 0 bridgehead atoms. The zero-order valence-corrected chi connectivity index (χ0v) is 17.8. The van der Waals surface area contributed by atoms with Gasteiger partial charge >= 0.3 is 5.97 Å². The molecule has 3 aromatic rings. The number of amides is 1. The van der Waals surface area contributed by atoms with E-state index in [0.717, 1.165) is 53.1 Å². The molecule has 1 amide bonds. The van der Waals surface area contributed by atoms with Crippen molar-refractivity contribution in [1.82, 2.24) is 0 Å². The Morgan fingerprint density at radius 2 is 1.75 bits per heavy atom. The summed E-state index contributed by atoms with van der Waals surface area (Å²) in [7, 11) is 0. The lowest BCUT2D eigenvalue weighted by Gasteiger charge is -2.22. The minimum Gasteiger partial charge on any atom is -0.488 e. The van der Waals surface area contributed by atoms with Gasteiger partial charge in [0.05, 0.1) is 11.8 Å². The Kier molecular flexibility index (Phi) is 6.71. The second-order valence-electron chi connectivity index (χ2n) is 8.21. The molecule has 1 saturated carbocycles. The number of aliphatic hydroxyl groups excluding tert-OH is 1. The molecular weight excluding hydrogens is 406 g/mol. The van der Waals surface area contributed by atoms with Gasteiger partial charge in [-0.25, -0.2) is 0 Å². The van der Waals surface area contributed by atoms with Crippen molar-refractivity contribution >= 4 is 28.3 Å². The van der Waals surface area contributed by atoms with Gasteiger partial charge in [0.1, 0.15) is 6.61 Å². The molecule has 0 aromatic heterocycles. The van der Waals surface area contributed by atoms with Gasteiger partial charge in [-0.3, -0.25) is 9.59 Å². The van der Waals surface area contributed by atoms with E-state index in [1.54, 1.807) is 6.07 Å². The van der Waals surface area contributed by atoms with Gasteiger partial charge in [-0.15, -0.1) is 0 Å². The van der Waals surface area contributed by atoms with Gasteiger partial charge in [-0.1, -0.05) is 36.4 Å². The van der Waals surface area contributed by atoms with Crippen molar-refractivity contribution in [3.8, 4) is 16.9 Å². The van der Waals surface area contributed by atoms with Gasteiger partial charge < -0.3 is 20.3 Å². The number of aryl methyl sites for hydroxylation is 1. The molecule has 3 N–H and O–H groups in total. The molecule has 6 heteroatoms. The Hall–Kier alpha value is -3.38. The average Bonchev–Trinajstić information content (AvgIpc) is 3.31. The lowest BCUT2D eigenvalue weighted by molar-refractivity contribution is -0.137. The number of fused-ring (bicyclic) bond motifs is 1. The first-order valence-electron chi connectivity index (χ1n) is 11.0. The van der Waals surface area contributed by atoms with Crippen molar-refractivity contribution in [2.45, 2.75) is 44.6 Å². The molecule has 1 aliphatic rings. The molecule has 32 heavy (non-hydrogen) atoms. The Bertz CT molecular complexity index is 1130. The number of carbonyl (C=O) groups excluding carboxylic acids is 1. The van der Waals surface area contributed by atoms with Gasteiger partial charge in [-0.05, 0) is 72.2 Å². The summed E-state index contributed by atoms with van der Waals surface area (Å²) in [4.78, 5) is 23.2. The summed E-state index contributed by atoms with van der Waals surface area (Å²) >= 11 is 0. The van der Waals surface area contributed by atoms with Crippen LogP contribution < -0.4 is 10.1 Å². The number of carbonyl (C=O) groups is 2. The highest BCUT2D eigenvalue weighted by molar-refractivity contribution is 5.96. The lowest BCUT2D eigenvalue weighted by Crippen LogP contribution is -2.19. The fourth-order valence-corrected chi connectivity index (χ4v) is 4.24. The van der Waals surface area contributed by atoms with Gasteiger partial charge in [-0.2, -0.15) is 0 Å². The normalized spacial score (nSPS) is 13.9. The van der Waals surface area contributed by atoms with Gasteiger partial charge in [0, 0.05) is 12.0 Å². The van der Waals surface area contributed by atoms with Crippen LogP contribution >= 0.6 is 0 Å². The van der Waals surface area contributed by atoms with Gasteiger partial charge in [0.2, 0.25) is 5.91 Å². The summed E-state index contributed by atoms with van der Waals surface area (Å²) in [6.07, 6.45) is 4.46. The molecule has 0 spiro atoms. The molecule has 0 heterocycles. The Morgan fingerprint density at radius 1 is 1.00 bits per heavy atom. The predicted octanol–water partition coefficient (Wildman–Crippen LogP) is 4.78. The fraction of sp³-hybridized carbons (Fsp3) is 0.308. The highest BCUT2D eigenvalue weighted by atomic mass is 16.5. The monoisotopic (exact) mass is 433 g/mol. The Morgan fingerprint density at radius 3 is 2.47 bits per heavy atom. The largest absolute Gasteiger partial charge is 0.488 e. The minimum atomic E-state index is -0.885. The second kappa shape index (κ2) is 9.83. The van der Waals surface area contributed by atoms with E-state index in [0.29, 0.717) is 17.9 Å². The van der Waals surface area contributed by atoms with E-state index < -0.39 is 18.5 Å². The molecule has 0 unspecified atom stereocenters. The number of carboxylic acids is 1. The molecule has 3 aromatic carbocycles. The number of anilines is 1. The summed E-state index contributed by atoms with van der Waals surface area (Å²) < 4.78 is 6.42. The first-order valence-corrected chi connectivity index (χ1v) is 11.0. The minimum absolute atomic E-state index is 0.0205. The molecule has 0 aliphatic heterocycles. The number of aliphatic carboxylic acids is 1. The number of carboxylic acid groups (broad SMARTS) is 1. The average molecular weight is 434 g/mol. The van der Waals surface area contributed by atoms with Gasteiger partial charge in [0.25, 0.3) is 0 Å². The predicted molar refractivity (Wildman–Crippen MR) is 124 cm³/mol. The third kappa shape index (κ3) is 5.08. The molecule has 0 atom stereocenters. The van der Waals surface area contributed by atoms with E-state index in [1.165, 1.54) is 0 Å². The molecule has 0 saturated heterocycles. The summed E-state index contributed by atoms with van der Waals surface area (Å²) in [6, 6.07) is 17.9. The van der Waals surface area contributed by atoms with E-state index in [9.17, 15) is 14.7 Å². The topological polar surface area (TPSA) is 95.9 Å². The summed E-state index contributed by atoms with van der Waals surface area (Å²) in [5.41, 5.74) is 2.97. The zero-order chi connectivity index (χ0) is 22.5. The summed E-state index contributed by atoms with van der Waals surface area (Å²) in [6.45, 7) is -0.645. The van der Waals surface area contributed by atoms with Crippen LogP contribution in [-0.2, 0) is 16.0 Å². The van der Waals surface area contributed by atoms with Crippen LogP contribution in [0.4, 0.5) is 5.69 Å². The van der Waals surface area contributed by atoms with Crippen molar-refractivity contribution in [3.63, 3.8) is 0 Å². The van der Waals surface area contributed by atoms with Crippen LogP contribution in [-0.4, -0.2) is 34.8 Å². The van der Waals surface area contributed by atoms with Crippen LogP contribution in [0.2, 0.25) is 0 Å². The number of ether oxygens (including phenoxy) is 1. The maximum Gasteiger partial charge on any atom is 0.303 e. The third-order valence-electron chi connectivity index (χ3n) is 5.84. The maximum absolute atomic E-state index is 12.1. The fourth-order valence-electron chi connectivity index (χ4n) is 4.24. The molecule has 0 radical (unpaired) electrons. The van der Waals surface area contributed by atoms with Crippen LogP contribution in [0, 0.1) is 0 Å². The van der Waals surface area contributed by atoms with Crippen LogP contribution in [0.25, 0.3) is 21.9 Å². The number of benzene rings is 3. The SMILES string of the molecule is O=C(O)CCc1cc(NC(=O)CO)c(OC2CCCC2)c(-c2ccc3ccccc3c2)c1. The first-order chi connectivity index (χ1) is 15.5. The molecule has 166 valence electrons. The van der Waals surface area contributed by atoms with Crippen molar-refractivity contribution in [3.05, 3.63) is 60.2 Å². The van der Waals surface area contributed by atoms with Crippen molar-refractivity contribution in [2.75, 3.05) is 11.9 Å². The highest BCUT2D eigenvalue weighted by Crippen LogP contribution is 2.41. The van der Waals surface area contributed by atoms with Crippen molar-refractivity contribution in [1.29, 1.82) is 0 Å². The zero-order valence-electron chi connectivity index (χ0n) is 17.8. The van der Waals surface area contributed by atoms with Crippen molar-refractivity contribution in [2.24, 2.45) is 0 Å². The Labute approximate surface area is 186 Å². The van der Waals surface area contributed by atoms with Crippen LogP contribution in [0.5, 0.6) is 5.75 Å². The van der Waals surface area contributed by atoms with E-state index in [2.05, 4.69) is 11.4 Å². The van der Waals surface area contributed by atoms with Crippen LogP contribution in [0.1, 0.15) is 37.7 Å². The number of nitrogens with one attached hydrogen (secondary N) is 1. The lowest BCUT2D eigenvalue weighted by atomic mass is 9.96. The number of hydrogen-bond acceptors (Lipinski definition) is 4. The van der Waals surface area contributed by atoms with E-state index in [-0.39, 0.29) is 12.5 Å². The number of hydrogen-bond donors (Lipinski definition) is 3. The van der Waals surface area contributed by atoms with E-state index >= 15 is 0 Å². The Balaban J connectivity index is 1.85. The molecule has 4 rings (SSSR count). The van der Waals surface area contributed by atoms with E-state index in [1.807, 2.05) is 42.5 Å². The van der Waals surface area contributed by atoms with Crippen LogP contribution in [0.15, 0.2) is 54.6 Å². The summed E-state index contributed by atoms with van der Waals surface area (Å²) in [5.74, 6) is -0.862. The number of rotatable bonds is 8. The molecule has 6 nitrogen and oxygen atoms in total.